The lowest BCUT2D eigenvalue weighted by Gasteiger charge is -2.26. The van der Waals surface area contributed by atoms with Gasteiger partial charge in [-0.3, -0.25) is 4.90 Å². The number of hydrogen-bond acceptors (Lipinski definition) is 2. The molecule has 1 aromatic carbocycles. The summed E-state index contributed by atoms with van der Waals surface area (Å²) in [5.74, 6) is 0. The van der Waals surface area contributed by atoms with Gasteiger partial charge in [0.1, 0.15) is 6.61 Å². The van der Waals surface area contributed by atoms with Gasteiger partial charge in [-0.05, 0) is 31.4 Å². The Morgan fingerprint density at radius 1 is 1.37 bits per heavy atom. The molecule has 0 saturated heterocycles. The van der Waals surface area contributed by atoms with Crippen molar-refractivity contribution in [2.24, 2.45) is 0 Å². The molecule has 0 fully saturated rings. The Labute approximate surface area is 114 Å². The quantitative estimate of drug-likeness (QED) is 0.822. The Balaban J connectivity index is 1.95. The molecule has 0 unspecified atom stereocenters. The standard InChI is InChI=1S/C16H19NO2/c1-2-8-15-11-6-7-12-17(15)16(18)19-13-14-9-4-3-5-10-14/h2-5,8-11H,6-7,12-13H2,1H3/b8-2+. The lowest BCUT2D eigenvalue weighted by atomic mass is 10.1. The number of ether oxygens (including phenoxy) is 1. The van der Waals surface area contributed by atoms with Gasteiger partial charge >= 0.3 is 6.09 Å². The zero-order chi connectivity index (χ0) is 13.5. The van der Waals surface area contributed by atoms with Crippen LogP contribution in [0, 0.1) is 0 Å². The molecule has 1 amide bonds. The predicted molar refractivity (Wildman–Crippen MR) is 75.5 cm³/mol. The number of benzene rings is 1. The number of carbonyl (C=O) groups is 1. The van der Waals surface area contributed by atoms with E-state index in [4.69, 9.17) is 4.74 Å². The van der Waals surface area contributed by atoms with E-state index in [1.807, 2.05) is 49.4 Å². The first kappa shape index (κ1) is 13.4. The molecule has 1 aliphatic rings. The summed E-state index contributed by atoms with van der Waals surface area (Å²) in [5.41, 5.74) is 1.94. The molecule has 1 aliphatic heterocycles. The van der Waals surface area contributed by atoms with E-state index in [1.165, 1.54) is 0 Å². The van der Waals surface area contributed by atoms with Gasteiger partial charge < -0.3 is 4.74 Å². The van der Waals surface area contributed by atoms with Gasteiger partial charge in [0.15, 0.2) is 0 Å². The summed E-state index contributed by atoms with van der Waals surface area (Å²) < 4.78 is 5.36. The van der Waals surface area contributed by atoms with Crippen molar-refractivity contribution in [3.63, 3.8) is 0 Å². The molecule has 3 nitrogen and oxygen atoms in total. The first-order valence-electron chi connectivity index (χ1n) is 6.62. The Kier molecular flexibility index (Phi) is 4.78. The molecule has 0 aromatic heterocycles. The van der Waals surface area contributed by atoms with Crippen molar-refractivity contribution in [3.05, 3.63) is 59.8 Å². The summed E-state index contributed by atoms with van der Waals surface area (Å²) in [4.78, 5) is 13.8. The van der Waals surface area contributed by atoms with Crippen LogP contribution in [0.3, 0.4) is 0 Å². The van der Waals surface area contributed by atoms with Crippen LogP contribution in [0.25, 0.3) is 0 Å². The lowest BCUT2D eigenvalue weighted by Crippen LogP contribution is -2.33. The zero-order valence-electron chi connectivity index (χ0n) is 11.2. The summed E-state index contributed by atoms with van der Waals surface area (Å²) in [5, 5.41) is 0. The molecular formula is C16H19NO2. The molecule has 0 bridgehead atoms. The highest BCUT2D eigenvalue weighted by Gasteiger charge is 2.20. The van der Waals surface area contributed by atoms with Crippen LogP contribution in [0.1, 0.15) is 25.3 Å². The van der Waals surface area contributed by atoms with E-state index in [0.717, 1.165) is 30.6 Å². The van der Waals surface area contributed by atoms with Crippen LogP contribution in [-0.4, -0.2) is 17.5 Å². The average Bonchev–Trinajstić information content (AvgIpc) is 2.47. The van der Waals surface area contributed by atoms with Crippen molar-refractivity contribution in [1.82, 2.24) is 4.90 Å². The second-order valence-electron chi connectivity index (χ2n) is 4.46. The maximum absolute atomic E-state index is 12.1. The van der Waals surface area contributed by atoms with Gasteiger partial charge in [-0.15, -0.1) is 0 Å². The van der Waals surface area contributed by atoms with Crippen LogP contribution in [0.2, 0.25) is 0 Å². The molecule has 100 valence electrons. The molecule has 0 saturated carbocycles. The van der Waals surface area contributed by atoms with Crippen molar-refractivity contribution in [2.75, 3.05) is 6.54 Å². The van der Waals surface area contributed by atoms with E-state index >= 15 is 0 Å². The minimum Gasteiger partial charge on any atom is -0.444 e. The van der Waals surface area contributed by atoms with Gasteiger partial charge in [0.2, 0.25) is 0 Å². The van der Waals surface area contributed by atoms with Gasteiger partial charge in [-0.25, -0.2) is 4.79 Å². The highest BCUT2D eigenvalue weighted by atomic mass is 16.6. The van der Waals surface area contributed by atoms with Crippen molar-refractivity contribution >= 4 is 6.09 Å². The average molecular weight is 257 g/mol. The van der Waals surface area contributed by atoms with E-state index in [2.05, 4.69) is 6.08 Å². The fraction of sp³-hybridized carbons (Fsp3) is 0.312. The van der Waals surface area contributed by atoms with Crippen molar-refractivity contribution in [3.8, 4) is 0 Å². The topological polar surface area (TPSA) is 29.5 Å². The molecule has 0 spiro atoms. The summed E-state index contributed by atoms with van der Waals surface area (Å²) in [6, 6.07) is 9.73. The normalized spacial score (nSPS) is 15.4. The second-order valence-corrected chi connectivity index (χ2v) is 4.46. The first-order chi connectivity index (χ1) is 9.31. The van der Waals surface area contributed by atoms with E-state index in [-0.39, 0.29) is 6.09 Å². The van der Waals surface area contributed by atoms with Crippen LogP contribution in [-0.2, 0) is 11.3 Å². The molecule has 0 aliphatic carbocycles. The van der Waals surface area contributed by atoms with Crippen LogP contribution in [0.15, 0.2) is 54.3 Å². The van der Waals surface area contributed by atoms with Crippen LogP contribution in [0.5, 0.6) is 0 Å². The summed E-state index contributed by atoms with van der Waals surface area (Å²) in [6.07, 6.45) is 7.70. The van der Waals surface area contributed by atoms with Crippen molar-refractivity contribution in [1.29, 1.82) is 0 Å². The predicted octanol–water partition coefficient (Wildman–Crippen LogP) is 3.88. The van der Waals surface area contributed by atoms with Gasteiger partial charge in [0.25, 0.3) is 0 Å². The number of allylic oxidation sites excluding steroid dienone is 3. The summed E-state index contributed by atoms with van der Waals surface area (Å²) >= 11 is 0. The number of amides is 1. The zero-order valence-corrected chi connectivity index (χ0v) is 11.2. The largest absolute Gasteiger partial charge is 0.444 e. The molecule has 2 rings (SSSR count). The fourth-order valence-corrected chi connectivity index (χ4v) is 2.06. The molecule has 1 heterocycles. The monoisotopic (exact) mass is 257 g/mol. The third-order valence-electron chi connectivity index (χ3n) is 3.01. The molecule has 19 heavy (non-hydrogen) atoms. The number of carbonyl (C=O) groups excluding carboxylic acids is 1. The Bertz CT molecular complexity index is 477. The Hall–Kier alpha value is -2.03. The summed E-state index contributed by atoms with van der Waals surface area (Å²) in [6.45, 7) is 2.99. The first-order valence-corrected chi connectivity index (χ1v) is 6.62. The number of rotatable bonds is 3. The lowest BCUT2D eigenvalue weighted by molar-refractivity contribution is 0.106. The van der Waals surface area contributed by atoms with E-state index in [0.29, 0.717) is 6.61 Å². The van der Waals surface area contributed by atoms with Crippen LogP contribution in [0.4, 0.5) is 4.79 Å². The Morgan fingerprint density at radius 3 is 2.89 bits per heavy atom. The minimum atomic E-state index is -0.270. The Morgan fingerprint density at radius 2 is 2.16 bits per heavy atom. The van der Waals surface area contributed by atoms with Gasteiger partial charge in [0.05, 0.1) is 0 Å². The van der Waals surface area contributed by atoms with Crippen LogP contribution >= 0.6 is 0 Å². The third-order valence-corrected chi connectivity index (χ3v) is 3.01. The maximum atomic E-state index is 12.1. The smallest absolute Gasteiger partial charge is 0.414 e. The molecule has 1 aromatic rings. The second kappa shape index (κ2) is 6.78. The van der Waals surface area contributed by atoms with E-state index in [9.17, 15) is 4.79 Å². The van der Waals surface area contributed by atoms with E-state index < -0.39 is 0 Å². The van der Waals surface area contributed by atoms with Gasteiger partial charge in [0, 0.05) is 12.2 Å². The van der Waals surface area contributed by atoms with Crippen LogP contribution < -0.4 is 0 Å². The highest BCUT2D eigenvalue weighted by molar-refractivity contribution is 5.71. The molecule has 0 atom stereocenters. The molecular weight excluding hydrogens is 238 g/mol. The molecule has 0 radical (unpaired) electrons. The fourth-order valence-electron chi connectivity index (χ4n) is 2.06. The maximum Gasteiger partial charge on any atom is 0.414 e. The van der Waals surface area contributed by atoms with Crippen molar-refractivity contribution in [2.45, 2.75) is 26.4 Å². The minimum absolute atomic E-state index is 0.270. The molecule has 3 heteroatoms. The summed E-state index contributed by atoms with van der Waals surface area (Å²) in [7, 11) is 0. The number of hydrogen-bond donors (Lipinski definition) is 0. The number of nitrogens with zero attached hydrogens (tertiary/aromatic N) is 1. The van der Waals surface area contributed by atoms with Gasteiger partial charge in [-0.2, -0.15) is 0 Å². The SMILES string of the molecule is C/C=C/C1=CCCCN1C(=O)OCc1ccccc1. The third kappa shape index (κ3) is 3.71. The highest BCUT2D eigenvalue weighted by Crippen LogP contribution is 2.17. The van der Waals surface area contributed by atoms with Gasteiger partial charge in [-0.1, -0.05) is 42.5 Å². The van der Waals surface area contributed by atoms with E-state index in [1.54, 1.807) is 4.90 Å². The molecule has 0 N–H and O–H groups in total. The van der Waals surface area contributed by atoms with Crippen molar-refractivity contribution < 1.29 is 9.53 Å².